The van der Waals surface area contributed by atoms with E-state index in [0.29, 0.717) is 5.41 Å². The fraction of sp³-hybridized carbons (Fsp3) is 0.889. The Balaban J connectivity index is 3.91. The van der Waals surface area contributed by atoms with Gasteiger partial charge in [-0.2, -0.15) is 0 Å². The van der Waals surface area contributed by atoms with Crippen LogP contribution in [0.3, 0.4) is 0 Å². The summed E-state index contributed by atoms with van der Waals surface area (Å²) >= 11 is 1.27. The van der Waals surface area contributed by atoms with Crippen LogP contribution in [0.15, 0.2) is 0 Å². The van der Waals surface area contributed by atoms with Crippen molar-refractivity contribution < 1.29 is 4.79 Å². The Hall–Kier alpha value is -0.0200. The van der Waals surface area contributed by atoms with Crippen molar-refractivity contribution in [2.75, 3.05) is 13.1 Å². The van der Waals surface area contributed by atoms with Gasteiger partial charge in [-0.1, -0.05) is 27.7 Å². The average Bonchev–Trinajstić information content (AvgIpc) is 2.03. The lowest BCUT2D eigenvalue weighted by atomic mass is 9.90. The lowest BCUT2D eigenvalue weighted by molar-refractivity contribution is 0.271. The van der Waals surface area contributed by atoms with Gasteiger partial charge >= 0.3 is 0 Å². The van der Waals surface area contributed by atoms with E-state index < -0.39 is 0 Å². The summed E-state index contributed by atoms with van der Waals surface area (Å²) in [6.45, 7) is 10.6. The summed E-state index contributed by atoms with van der Waals surface area (Å²) in [6.07, 6.45) is 1.14. The molecule has 0 amide bonds. The Labute approximate surface area is 79.8 Å². The van der Waals surface area contributed by atoms with E-state index in [1.807, 2.05) is 0 Å². The molecule has 0 rings (SSSR count). The van der Waals surface area contributed by atoms with Crippen LogP contribution in [0.5, 0.6) is 0 Å². The molecule has 72 valence electrons. The van der Waals surface area contributed by atoms with Crippen molar-refractivity contribution in [3.63, 3.8) is 0 Å². The molecule has 0 atom stereocenters. The van der Waals surface area contributed by atoms with E-state index >= 15 is 0 Å². The van der Waals surface area contributed by atoms with Crippen LogP contribution in [0.1, 0.15) is 34.1 Å². The minimum Gasteiger partial charge on any atom is -0.290 e. The third-order valence-electron chi connectivity index (χ3n) is 2.11. The summed E-state index contributed by atoms with van der Waals surface area (Å²) in [7, 11) is 0. The molecule has 0 bridgehead atoms. The first-order valence-electron chi connectivity index (χ1n) is 4.41. The van der Waals surface area contributed by atoms with E-state index in [4.69, 9.17) is 0 Å². The van der Waals surface area contributed by atoms with E-state index in [9.17, 15) is 4.79 Å². The van der Waals surface area contributed by atoms with Crippen LogP contribution in [0.4, 0.5) is 0 Å². The number of carbonyl (C=O) groups excluding carboxylic acids is 1. The highest BCUT2D eigenvalue weighted by Gasteiger charge is 2.18. The van der Waals surface area contributed by atoms with Crippen LogP contribution >= 0.6 is 11.9 Å². The molecule has 0 aliphatic heterocycles. The third-order valence-corrected chi connectivity index (χ3v) is 2.88. The number of hydrogen-bond acceptors (Lipinski definition) is 3. The summed E-state index contributed by atoms with van der Waals surface area (Å²) in [5, 5.41) is 0. The Morgan fingerprint density at radius 1 is 1.42 bits per heavy atom. The third kappa shape index (κ3) is 4.78. The number of nitrogens with zero attached hydrogens (tertiary/aromatic N) is 1. The zero-order valence-corrected chi connectivity index (χ0v) is 9.28. The van der Waals surface area contributed by atoms with Crippen LogP contribution in [0, 0.1) is 5.41 Å². The Morgan fingerprint density at radius 2 is 2.00 bits per heavy atom. The van der Waals surface area contributed by atoms with Crippen LogP contribution in [-0.4, -0.2) is 23.0 Å². The van der Waals surface area contributed by atoms with Gasteiger partial charge < -0.3 is 0 Å². The normalized spacial score (nSPS) is 12.1. The Morgan fingerprint density at radius 3 is 2.33 bits per heavy atom. The van der Waals surface area contributed by atoms with Crippen molar-refractivity contribution in [2.24, 2.45) is 5.41 Å². The molecule has 0 fully saturated rings. The van der Waals surface area contributed by atoms with Crippen molar-refractivity contribution in [2.45, 2.75) is 34.1 Å². The fourth-order valence-electron chi connectivity index (χ4n) is 0.874. The monoisotopic (exact) mass is 189 g/mol. The quantitative estimate of drug-likeness (QED) is 0.473. The molecule has 2 nitrogen and oxygen atoms in total. The summed E-state index contributed by atoms with van der Waals surface area (Å²) in [6, 6.07) is 0. The highest BCUT2D eigenvalue weighted by Crippen LogP contribution is 2.23. The number of rotatable bonds is 6. The first-order chi connectivity index (χ1) is 5.55. The average molecular weight is 189 g/mol. The van der Waals surface area contributed by atoms with Gasteiger partial charge in [-0.3, -0.25) is 4.79 Å². The molecule has 12 heavy (non-hydrogen) atoms. The van der Waals surface area contributed by atoms with Gasteiger partial charge in [0.05, 0.1) is 0 Å². The van der Waals surface area contributed by atoms with Crippen LogP contribution in [0.25, 0.3) is 0 Å². The summed E-state index contributed by atoms with van der Waals surface area (Å²) in [5.74, 6) is 0. The maximum atomic E-state index is 10.3. The Kier molecular flexibility index (Phi) is 5.59. The zero-order chi connectivity index (χ0) is 9.61. The largest absolute Gasteiger partial charge is 0.290 e. The maximum absolute atomic E-state index is 10.3. The smallest absolute Gasteiger partial charge is 0.191 e. The molecule has 3 heteroatoms. The summed E-state index contributed by atoms with van der Waals surface area (Å²) in [5.41, 5.74) is 1.21. The molecule has 0 saturated heterocycles. The van der Waals surface area contributed by atoms with E-state index in [2.05, 4.69) is 32.0 Å². The van der Waals surface area contributed by atoms with Gasteiger partial charge in [0.2, 0.25) is 0 Å². The molecule has 0 aromatic heterocycles. The molecule has 0 heterocycles. The second kappa shape index (κ2) is 5.60. The van der Waals surface area contributed by atoms with E-state index in [-0.39, 0.29) is 0 Å². The standard InChI is InChI=1S/C9H19NOS/c1-5-9(3,4)7-10(6-2)12-8-11/h8H,5-7H2,1-4H3. The lowest BCUT2D eigenvalue weighted by Crippen LogP contribution is -2.29. The second-order valence-corrected chi connectivity index (χ2v) is 4.60. The Bertz CT molecular complexity index is 136. The minimum atomic E-state index is 0.312. The van der Waals surface area contributed by atoms with Gasteiger partial charge in [-0.25, -0.2) is 4.31 Å². The van der Waals surface area contributed by atoms with Crippen LogP contribution in [-0.2, 0) is 4.79 Å². The van der Waals surface area contributed by atoms with Crippen molar-refractivity contribution in [1.82, 2.24) is 4.31 Å². The van der Waals surface area contributed by atoms with Crippen molar-refractivity contribution in [1.29, 1.82) is 0 Å². The highest BCUT2D eigenvalue weighted by molar-refractivity contribution is 8.09. The van der Waals surface area contributed by atoms with E-state index in [1.54, 1.807) is 0 Å². The van der Waals surface area contributed by atoms with Crippen molar-refractivity contribution in [3.8, 4) is 0 Å². The predicted molar refractivity (Wildman–Crippen MR) is 55.7 cm³/mol. The fourth-order valence-corrected chi connectivity index (χ4v) is 1.57. The highest BCUT2D eigenvalue weighted by atomic mass is 32.2. The second-order valence-electron chi connectivity index (χ2n) is 3.68. The van der Waals surface area contributed by atoms with Crippen molar-refractivity contribution >= 4 is 17.6 Å². The topological polar surface area (TPSA) is 20.3 Å². The molecular weight excluding hydrogens is 170 g/mol. The number of carbonyl (C=O) groups is 1. The molecule has 0 radical (unpaired) electrons. The molecule has 0 N–H and O–H groups in total. The maximum Gasteiger partial charge on any atom is 0.191 e. The first kappa shape index (κ1) is 12.0. The minimum absolute atomic E-state index is 0.312. The van der Waals surface area contributed by atoms with Gasteiger partial charge in [0.25, 0.3) is 0 Å². The van der Waals surface area contributed by atoms with Gasteiger partial charge in [0, 0.05) is 13.1 Å². The van der Waals surface area contributed by atoms with E-state index in [0.717, 1.165) is 25.1 Å². The summed E-state index contributed by atoms with van der Waals surface area (Å²) < 4.78 is 2.09. The van der Waals surface area contributed by atoms with Crippen molar-refractivity contribution in [3.05, 3.63) is 0 Å². The van der Waals surface area contributed by atoms with Crippen LogP contribution < -0.4 is 0 Å². The van der Waals surface area contributed by atoms with Gasteiger partial charge in [0.15, 0.2) is 5.62 Å². The molecule has 0 aliphatic rings. The van der Waals surface area contributed by atoms with Gasteiger partial charge in [0.1, 0.15) is 0 Å². The van der Waals surface area contributed by atoms with Crippen LogP contribution in [0.2, 0.25) is 0 Å². The van der Waals surface area contributed by atoms with Gasteiger partial charge in [-0.15, -0.1) is 0 Å². The molecule has 0 saturated carbocycles. The SMILES string of the molecule is CCN(CC(C)(C)CC)SC=O. The predicted octanol–water partition coefficient (Wildman–Crippen LogP) is 2.58. The first-order valence-corrected chi connectivity index (χ1v) is 5.24. The lowest BCUT2D eigenvalue weighted by Gasteiger charge is -2.28. The zero-order valence-electron chi connectivity index (χ0n) is 8.46. The molecular formula is C9H19NOS. The summed E-state index contributed by atoms with van der Waals surface area (Å²) in [4.78, 5) is 10.3. The van der Waals surface area contributed by atoms with Gasteiger partial charge in [-0.05, 0) is 23.8 Å². The molecule has 0 aromatic rings. The number of hydrogen-bond donors (Lipinski definition) is 0. The molecule has 0 aliphatic carbocycles. The molecule has 0 spiro atoms. The molecule has 0 unspecified atom stereocenters. The van der Waals surface area contributed by atoms with E-state index in [1.165, 1.54) is 11.9 Å². The molecule has 0 aromatic carbocycles.